The van der Waals surface area contributed by atoms with Crippen LogP contribution in [-0.2, 0) is 9.53 Å². The minimum atomic E-state index is 0.0501. The molecular weight excluding hydrogens is 352 g/mol. The largest absolute Gasteiger partial charge is 0.376 e. The summed E-state index contributed by atoms with van der Waals surface area (Å²) >= 11 is 0. The van der Waals surface area contributed by atoms with E-state index in [1.54, 1.807) is 0 Å². The first-order chi connectivity index (χ1) is 13.5. The van der Waals surface area contributed by atoms with Gasteiger partial charge in [0, 0.05) is 38.6 Å². The Morgan fingerprint density at radius 1 is 1.04 bits per heavy atom. The first-order valence-electron chi connectivity index (χ1n) is 11.6. The minimum Gasteiger partial charge on any atom is -0.376 e. The molecule has 0 bridgehead atoms. The molecule has 1 N–H and O–H groups in total. The van der Waals surface area contributed by atoms with Gasteiger partial charge in [-0.2, -0.15) is 0 Å². The molecule has 3 aliphatic heterocycles. The quantitative estimate of drug-likeness (QED) is 0.678. The maximum atomic E-state index is 11.8. The Hall–Kier alpha value is -0.690. The van der Waals surface area contributed by atoms with Crippen LogP contribution in [-0.4, -0.2) is 98.8 Å². The molecule has 6 nitrogen and oxygen atoms in total. The molecule has 3 rings (SSSR count). The second-order valence-corrected chi connectivity index (χ2v) is 9.51. The van der Waals surface area contributed by atoms with Crippen LogP contribution in [0.25, 0.3) is 0 Å². The van der Waals surface area contributed by atoms with Gasteiger partial charge in [0.2, 0.25) is 5.91 Å². The number of rotatable bonds is 8. The number of amides is 1. The molecule has 3 fully saturated rings. The number of nitrogens with zero attached hydrogens (tertiary/aromatic N) is 3. The van der Waals surface area contributed by atoms with Crippen LogP contribution in [0.3, 0.4) is 0 Å². The second-order valence-electron chi connectivity index (χ2n) is 9.51. The highest BCUT2D eigenvalue weighted by molar-refractivity contribution is 5.77. The van der Waals surface area contributed by atoms with Gasteiger partial charge in [0.25, 0.3) is 0 Å². The normalized spacial score (nSPS) is 26.9. The summed E-state index contributed by atoms with van der Waals surface area (Å²) in [5.74, 6) is 0.185. The molecule has 0 aliphatic carbocycles. The third-order valence-corrected chi connectivity index (χ3v) is 7.09. The fourth-order valence-electron chi connectivity index (χ4n) is 4.89. The lowest BCUT2D eigenvalue weighted by atomic mass is 9.76. The van der Waals surface area contributed by atoms with Crippen LogP contribution in [0.1, 0.15) is 46.5 Å². The van der Waals surface area contributed by atoms with Crippen molar-refractivity contribution in [2.75, 3.05) is 72.1 Å². The van der Waals surface area contributed by atoms with Crippen LogP contribution in [0.15, 0.2) is 0 Å². The summed E-state index contributed by atoms with van der Waals surface area (Å²) in [4.78, 5) is 19.6. The Balaban J connectivity index is 1.29. The fraction of sp³-hybridized carbons (Fsp3) is 0.955. The van der Waals surface area contributed by atoms with E-state index in [-0.39, 0.29) is 17.9 Å². The molecule has 0 aromatic heterocycles. The van der Waals surface area contributed by atoms with Crippen LogP contribution >= 0.6 is 0 Å². The lowest BCUT2D eigenvalue weighted by Gasteiger charge is -2.39. The Morgan fingerprint density at radius 2 is 1.64 bits per heavy atom. The monoisotopic (exact) mass is 394 g/mol. The predicted octanol–water partition coefficient (Wildman–Crippen LogP) is 1.66. The predicted molar refractivity (Wildman–Crippen MR) is 113 cm³/mol. The fourth-order valence-corrected chi connectivity index (χ4v) is 4.89. The molecule has 6 heteroatoms. The van der Waals surface area contributed by atoms with Crippen LogP contribution < -0.4 is 5.32 Å². The number of likely N-dealkylation sites (N-methyl/N-ethyl adjacent to an activating group) is 1. The summed E-state index contributed by atoms with van der Waals surface area (Å²) in [6, 6.07) is 0. The zero-order valence-electron chi connectivity index (χ0n) is 18.4. The van der Waals surface area contributed by atoms with Crippen molar-refractivity contribution < 1.29 is 9.53 Å². The highest BCUT2D eigenvalue weighted by Gasteiger charge is 2.42. The lowest BCUT2D eigenvalue weighted by Crippen LogP contribution is -2.47. The van der Waals surface area contributed by atoms with Crippen molar-refractivity contribution in [2.45, 2.75) is 52.6 Å². The van der Waals surface area contributed by atoms with Gasteiger partial charge in [-0.1, -0.05) is 20.8 Å². The van der Waals surface area contributed by atoms with Gasteiger partial charge in [0.15, 0.2) is 0 Å². The molecular formula is C22H42N4O2. The third-order valence-electron chi connectivity index (χ3n) is 7.09. The van der Waals surface area contributed by atoms with Gasteiger partial charge in [-0.15, -0.1) is 0 Å². The molecule has 28 heavy (non-hydrogen) atoms. The number of hydrogen-bond donors (Lipinski definition) is 1. The van der Waals surface area contributed by atoms with Crippen molar-refractivity contribution in [1.82, 2.24) is 20.0 Å². The second kappa shape index (κ2) is 10.4. The molecule has 0 saturated carbocycles. The molecule has 1 amide bonds. The number of hydrogen-bond acceptors (Lipinski definition) is 5. The van der Waals surface area contributed by atoms with E-state index in [1.807, 2.05) is 13.8 Å². The highest BCUT2D eigenvalue weighted by Crippen LogP contribution is 2.41. The molecule has 3 heterocycles. The third kappa shape index (κ3) is 6.15. The molecule has 1 unspecified atom stereocenters. The van der Waals surface area contributed by atoms with Gasteiger partial charge in [-0.05, 0) is 63.8 Å². The lowest BCUT2D eigenvalue weighted by molar-refractivity contribution is -0.124. The summed E-state index contributed by atoms with van der Waals surface area (Å²) in [5, 5.41) is 3.04. The minimum absolute atomic E-state index is 0.0501. The Labute approximate surface area is 171 Å². The maximum absolute atomic E-state index is 11.8. The molecule has 3 aliphatic rings. The van der Waals surface area contributed by atoms with Gasteiger partial charge in [0.05, 0.1) is 12.7 Å². The molecule has 0 aromatic carbocycles. The van der Waals surface area contributed by atoms with Crippen molar-refractivity contribution in [3.63, 3.8) is 0 Å². The van der Waals surface area contributed by atoms with E-state index in [0.717, 1.165) is 13.0 Å². The van der Waals surface area contributed by atoms with Crippen molar-refractivity contribution in [3.8, 4) is 0 Å². The topological polar surface area (TPSA) is 48.1 Å². The van der Waals surface area contributed by atoms with Crippen LogP contribution in [0.4, 0.5) is 0 Å². The summed E-state index contributed by atoms with van der Waals surface area (Å²) in [6.45, 7) is 18.7. The summed E-state index contributed by atoms with van der Waals surface area (Å²) in [6.07, 6.45) is 5.10. The summed E-state index contributed by atoms with van der Waals surface area (Å²) in [7, 11) is 0. The first-order valence-corrected chi connectivity index (χ1v) is 11.6. The highest BCUT2D eigenvalue weighted by atomic mass is 16.5. The summed E-state index contributed by atoms with van der Waals surface area (Å²) < 4.78 is 6.05. The van der Waals surface area contributed by atoms with Gasteiger partial charge in [0.1, 0.15) is 0 Å². The SMILES string of the molecule is CCN1CCN(CCCN2CCC3(CC2)COC(CNC(=O)C(C)C)C3)CC1. The molecule has 1 spiro atoms. The van der Waals surface area contributed by atoms with E-state index in [4.69, 9.17) is 4.74 Å². The Kier molecular flexibility index (Phi) is 8.15. The smallest absolute Gasteiger partial charge is 0.222 e. The van der Waals surface area contributed by atoms with Gasteiger partial charge in [-0.25, -0.2) is 0 Å². The standard InChI is InChI=1S/C22H42N4O2/c1-4-24-12-14-26(15-13-24)9-5-8-25-10-6-22(7-11-25)16-20(28-18-22)17-23-21(27)19(2)3/h19-20H,4-18H2,1-3H3,(H,23,27). The van der Waals surface area contributed by atoms with Crippen molar-refractivity contribution >= 4 is 5.91 Å². The average molecular weight is 395 g/mol. The van der Waals surface area contributed by atoms with E-state index in [0.29, 0.717) is 12.0 Å². The molecule has 0 radical (unpaired) electrons. The number of piperazine rings is 1. The van der Waals surface area contributed by atoms with Crippen LogP contribution in [0.2, 0.25) is 0 Å². The van der Waals surface area contributed by atoms with E-state index in [2.05, 4.69) is 26.9 Å². The van der Waals surface area contributed by atoms with E-state index in [9.17, 15) is 4.79 Å². The van der Waals surface area contributed by atoms with Gasteiger partial charge >= 0.3 is 0 Å². The summed E-state index contributed by atoms with van der Waals surface area (Å²) in [5.41, 5.74) is 0.361. The average Bonchev–Trinajstić information content (AvgIpc) is 3.11. The number of carbonyl (C=O) groups is 1. The van der Waals surface area contributed by atoms with Gasteiger partial charge in [-0.3, -0.25) is 4.79 Å². The molecule has 3 saturated heterocycles. The van der Waals surface area contributed by atoms with Crippen LogP contribution in [0.5, 0.6) is 0 Å². The van der Waals surface area contributed by atoms with Crippen molar-refractivity contribution in [1.29, 1.82) is 0 Å². The molecule has 162 valence electrons. The Morgan fingerprint density at radius 3 is 2.25 bits per heavy atom. The number of carbonyl (C=O) groups excluding carboxylic acids is 1. The maximum Gasteiger partial charge on any atom is 0.222 e. The number of nitrogens with one attached hydrogen (secondary N) is 1. The molecule has 1 atom stereocenters. The zero-order chi connectivity index (χ0) is 20.0. The number of ether oxygens (including phenoxy) is 1. The number of piperidine rings is 1. The van der Waals surface area contributed by atoms with Crippen molar-refractivity contribution in [3.05, 3.63) is 0 Å². The number of likely N-dealkylation sites (tertiary alicyclic amines) is 1. The van der Waals surface area contributed by atoms with Crippen molar-refractivity contribution in [2.24, 2.45) is 11.3 Å². The van der Waals surface area contributed by atoms with E-state index in [1.165, 1.54) is 78.2 Å². The van der Waals surface area contributed by atoms with E-state index < -0.39 is 0 Å². The van der Waals surface area contributed by atoms with E-state index >= 15 is 0 Å². The van der Waals surface area contributed by atoms with Crippen LogP contribution in [0, 0.1) is 11.3 Å². The molecule has 0 aromatic rings. The van der Waals surface area contributed by atoms with Gasteiger partial charge < -0.3 is 24.8 Å². The first kappa shape index (κ1) is 22.0. The Bertz CT molecular complexity index is 483. The zero-order valence-corrected chi connectivity index (χ0v) is 18.4.